The fourth-order valence-electron chi connectivity index (χ4n) is 0.747. The third kappa shape index (κ3) is 3.58. The second-order valence-corrected chi connectivity index (χ2v) is 2.46. The maximum Gasteiger partial charge on any atom is 0.281 e. The van der Waals surface area contributed by atoms with Crippen LogP contribution in [0.1, 0.15) is 26.2 Å². The van der Waals surface area contributed by atoms with Crippen LogP contribution in [-0.4, -0.2) is 18.8 Å². The van der Waals surface area contributed by atoms with E-state index in [0.717, 1.165) is 0 Å². The van der Waals surface area contributed by atoms with Crippen molar-refractivity contribution in [1.29, 1.82) is 0 Å². The highest BCUT2D eigenvalue weighted by Gasteiger charge is 2.38. The zero-order chi connectivity index (χ0) is 8.91. The van der Waals surface area contributed by atoms with E-state index < -0.39 is 25.2 Å². The van der Waals surface area contributed by atoms with Crippen LogP contribution in [0.3, 0.4) is 0 Å². The van der Waals surface area contributed by atoms with Gasteiger partial charge in [0.1, 0.15) is 0 Å². The minimum absolute atomic E-state index is 0.201. The molecule has 0 aliphatic carbocycles. The Morgan fingerprint density at radius 2 is 1.91 bits per heavy atom. The zero-order valence-corrected chi connectivity index (χ0v) is 6.42. The molecule has 0 amide bonds. The number of hydrogen-bond donors (Lipinski definition) is 0. The lowest BCUT2D eigenvalue weighted by Gasteiger charge is -2.18. The summed E-state index contributed by atoms with van der Waals surface area (Å²) in [6.07, 6.45) is -3.05. The molecule has 0 unspecified atom stereocenters. The lowest BCUT2D eigenvalue weighted by atomic mass is 10.1. The van der Waals surface area contributed by atoms with Crippen LogP contribution in [-0.2, 0) is 0 Å². The summed E-state index contributed by atoms with van der Waals surface area (Å²) in [6, 6.07) is 0. The summed E-state index contributed by atoms with van der Waals surface area (Å²) in [5, 5.41) is 0. The van der Waals surface area contributed by atoms with Crippen LogP contribution in [0, 0.1) is 0 Å². The van der Waals surface area contributed by atoms with Gasteiger partial charge in [0.25, 0.3) is 5.92 Å². The second-order valence-electron chi connectivity index (χ2n) is 2.46. The molecule has 0 N–H and O–H groups in total. The second kappa shape index (κ2) is 4.57. The Morgan fingerprint density at radius 1 is 1.36 bits per heavy atom. The van der Waals surface area contributed by atoms with E-state index in [0.29, 0.717) is 6.42 Å². The number of rotatable bonds is 5. The smallest absolute Gasteiger partial charge is 0.251 e. The molecule has 0 spiro atoms. The predicted octanol–water partition coefficient (Wildman–Crippen LogP) is 3.12. The monoisotopic (exact) mass is 172 g/mol. The van der Waals surface area contributed by atoms with Crippen LogP contribution >= 0.6 is 0 Å². The lowest BCUT2D eigenvalue weighted by molar-refractivity contribution is -0.0843. The summed E-state index contributed by atoms with van der Waals surface area (Å²) >= 11 is 0. The average Bonchev–Trinajstić information content (AvgIpc) is 1.88. The van der Waals surface area contributed by atoms with E-state index in [-0.39, 0.29) is 6.42 Å². The third-order valence-corrected chi connectivity index (χ3v) is 1.43. The van der Waals surface area contributed by atoms with Crippen LogP contribution in [0.25, 0.3) is 0 Å². The maximum atomic E-state index is 12.5. The Labute approximate surface area is 63.6 Å². The van der Waals surface area contributed by atoms with E-state index in [1.54, 1.807) is 6.92 Å². The van der Waals surface area contributed by atoms with Gasteiger partial charge in [-0.1, -0.05) is 13.3 Å². The molecule has 11 heavy (non-hydrogen) atoms. The first kappa shape index (κ1) is 10.7. The Hall–Kier alpha value is -0.280. The van der Waals surface area contributed by atoms with Crippen LogP contribution in [0.4, 0.5) is 17.6 Å². The normalized spacial score (nSPS) is 15.0. The van der Waals surface area contributed by atoms with Crippen molar-refractivity contribution >= 4 is 0 Å². The van der Waals surface area contributed by atoms with E-state index in [9.17, 15) is 17.6 Å². The van der Waals surface area contributed by atoms with Crippen molar-refractivity contribution in [3.05, 3.63) is 0 Å². The molecule has 0 aliphatic heterocycles. The molecule has 0 rings (SSSR count). The van der Waals surface area contributed by atoms with Crippen LogP contribution in [0.2, 0.25) is 0 Å². The Morgan fingerprint density at radius 3 is 2.27 bits per heavy atom. The summed E-state index contributed by atoms with van der Waals surface area (Å²) in [7, 11) is 0. The van der Waals surface area contributed by atoms with E-state index in [2.05, 4.69) is 0 Å². The van der Waals surface area contributed by atoms with Crippen molar-refractivity contribution in [3.63, 3.8) is 0 Å². The highest BCUT2D eigenvalue weighted by molar-refractivity contribution is 4.75. The standard InChI is InChI=1S/C7H12F4/c1-2-3-6(9)7(10,11)4-5-8/h6H,2-5H2,1H3/t6-/m0/s1. The summed E-state index contributed by atoms with van der Waals surface area (Å²) < 4.78 is 48.7. The largest absolute Gasteiger partial charge is 0.281 e. The minimum atomic E-state index is -3.48. The van der Waals surface area contributed by atoms with Crippen molar-refractivity contribution in [2.75, 3.05) is 6.67 Å². The van der Waals surface area contributed by atoms with Crippen molar-refractivity contribution in [1.82, 2.24) is 0 Å². The molecular formula is C7H12F4. The average molecular weight is 172 g/mol. The molecule has 4 heteroatoms. The Kier molecular flexibility index (Phi) is 4.45. The quantitative estimate of drug-likeness (QED) is 0.559. The van der Waals surface area contributed by atoms with E-state index in [1.807, 2.05) is 0 Å². The Bertz CT molecular complexity index is 103. The van der Waals surface area contributed by atoms with E-state index in [4.69, 9.17) is 0 Å². The molecular weight excluding hydrogens is 160 g/mol. The van der Waals surface area contributed by atoms with Crippen LogP contribution in [0.15, 0.2) is 0 Å². The topological polar surface area (TPSA) is 0 Å². The minimum Gasteiger partial charge on any atom is -0.251 e. The molecule has 0 heterocycles. The highest BCUT2D eigenvalue weighted by Crippen LogP contribution is 2.28. The first-order chi connectivity index (χ1) is 5.04. The number of hydrogen-bond acceptors (Lipinski definition) is 0. The van der Waals surface area contributed by atoms with Crippen LogP contribution < -0.4 is 0 Å². The zero-order valence-electron chi connectivity index (χ0n) is 6.42. The highest BCUT2D eigenvalue weighted by atomic mass is 19.3. The molecule has 0 saturated carbocycles. The molecule has 0 fully saturated rings. The van der Waals surface area contributed by atoms with Gasteiger partial charge in [-0.05, 0) is 6.42 Å². The number of halogens is 4. The molecule has 0 bridgehead atoms. The van der Waals surface area contributed by atoms with Crippen molar-refractivity contribution in [3.8, 4) is 0 Å². The van der Waals surface area contributed by atoms with Gasteiger partial charge in [-0.3, -0.25) is 4.39 Å². The molecule has 0 aliphatic rings. The fourth-order valence-corrected chi connectivity index (χ4v) is 0.747. The Balaban J connectivity index is 3.83. The summed E-state index contributed by atoms with van der Waals surface area (Å²) in [4.78, 5) is 0. The third-order valence-electron chi connectivity index (χ3n) is 1.43. The van der Waals surface area contributed by atoms with E-state index >= 15 is 0 Å². The molecule has 0 aromatic carbocycles. The molecule has 68 valence electrons. The van der Waals surface area contributed by atoms with E-state index in [1.165, 1.54) is 0 Å². The summed E-state index contributed by atoms with van der Waals surface area (Å²) in [5.74, 6) is -3.48. The van der Waals surface area contributed by atoms with Gasteiger partial charge in [0.2, 0.25) is 0 Å². The van der Waals surface area contributed by atoms with Gasteiger partial charge in [-0.2, -0.15) is 0 Å². The lowest BCUT2D eigenvalue weighted by Crippen LogP contribution is -2.30. The van der Waals surface area contributed by atoms with Gasteiger partial charge in [-0.25, -0.2) is 13.2 Å². The maximum absolute atomic E-state index is 12.5. The SMILES string of the molecule is CCC[C@H](F)C(F)(F)CCF. The van der Waals surface area contributed by atoms with Gasteiger partial charge >= 0.3 is 0 Å². The summed E-state index contributed by atoms with van der Waals surface area (Å²) in [5.41, 5.74) is 0. The molecule has 0 aromatic heterocycles. The molecule has 1 atom stereocenters. The molecule has 0 radical (unpaired) electrons. The summed E-state index contributed by atoms with van der Waals surface area (Å²) in [6.45, 7) is 0.440. The molecule has 0 nitrogen and oxygen atoms in total. The van der Waals surface area contributed by atoms with Gasteiger partial charge in [0.15, 0.2) is 6.17 Å². The first-order valence-corrected chi connectivity index (χ1v) is 3.62. The van der Waals surface area contributed by atoms with Crippen LogP contribution in [0.5, 0.6) is 0 Å². The predicted molar refractivity (Wildman–Crippen MR) is 35.3 cm³/mol. The molecule has 0 aromatic rings. The fraction of sp³-hybridized carbons (Fsp3) is 1.00. The van der Waals surface area contributed by atoms with Crippen molar-refractivity contribution in [2.24, 2.45) is 0 Å². The van der Waals surface area contributed by atoms with Gasteiger partial charge < -0.3 is 0 Å². The number of alkyl halides is 4. The first-order valence-electron chi connectivity index (χ1n) is 3.62. The van der Waals surface area contributed by atoms with Gasteiger partial charge in [0.05, 0.1) is 6.67 Å². The van der Waals surface area contributed by atoms with Gasteiger partial charge in [-0.15, -0.1) is 0 Å². The van der Waals surface area contributed by atoms with Crippen molar-refractivity contribution in [2.45, 2.75) is 38.3 Å². The van der Waals surface area contributed by atoms with Crippen molar-refractivity contribution < 1.29 is 17.6 Å². The van der Waals surface area contributed by atoms with Gasteiger partial charge in [0, 0.05) is 6.42 Å². The molecule has 0 saturated heterocycles.